The van der Waals surface area contributed by atoms with Gasteiger partial charge in [0.15, 0.2) is 5.58 Å². The van der Waals surface area contributed by atoms with E-state index in [9.17, 15) is 9.59 Å². The summed E-state index contributed by atoms with van der Waals surface area (Å²) in [7, 11) is 0. The largest absolute Gasteiger partial charge is 0.493 e. The highest BCUT2D eigenvalue weighted by Crippen LogP contribution is 2.43. The van der Waals surface area contributed by atoms with Crippen molar-refractivity contribution < 1.29 is 18.7 Å². The number of nitrogens with one attached hydrogen (secondary N) is 1. The number of rotatable bonds is 6. The minimum absolute atomic E-state index is 0.125. The topological polar surface area (TPSA) is 147 Å². The van der Waals surface area contributed by atoms with Gasteiger partial charge < -0.3 is 31.7 Å². The molecular weight excluding hydrogens is 332 g/mol. The van der Waals surface area contributed by atoms with Crippen molar-refractivity contribution in [1.82, 2.24) is 0 Å². The number of amides is 3. The minimum Gasteiger partial charge on any atom is -0.493 e. The average molecular weight is 348 g/mol. The summed E-state index contributed by atoms with van der Waals surface area (Å²) in [6.07, 6.45) is 0.763. The number of ether oxygens (including phenoxy) is 1. The van der Waals surface area contributed by atoms with E-state index < -0.39 is 11.9 Å². The van der Waals surface area contributed by atoms with E-state index in [4.69, 9.17) is 26.4 Å². The summed E-state index contributed by atoms with van der Waals surface area (Å²) in [4.78, 5) is 22.7. The van der Waals surface area contributed by atoms with Gasteiger partial charge in [-0.3, -0.25) is 4.79 Å². The van der Waals surface area contributed by atoms with Crippen LogP contribution in [-0.2, 0) is 0 Å². The first-order valence-electron chi connectivity index (χ1n) is 7.19. The molecule has 7 N–H and O–H groups in total. The summed E-state index contributed by atoms with van der Waals surface area (Å²) < 4.78 is 12.7. The van der Waals surface area contributed by atoms with Gasteiger partial charge in [0.1, 0.15) is 11.4 Å². The van der Waals surface area contributed by atoms with Gasteiger partial charge in [-0.25, -0.2) is 4.79 Å². The summed E-state index contributed by atoms with van der Waals surface area (Å²) in [5.74, 6) is -0.198. The molecule has 0 aliphatic heterocycles. The maximum atomic E-state index is 11.5. The van der Waals surface area contributed by atoms with Crippen LogP contribution in [0.2, 0.25) is 0 Å². The molecule has 126 valence electrons. The van der Waals surface area contributed by atoms with Gasteiger partial charge in [-0.1, -0.05) is 0 Å². The summed E-state index contributed by atoms with van der Waals surface area (Å²) >= 11 is 1.35. The molecule has 0 bridgehead atoms. The molecule has 0 aliphatic carbocycles. The molecule has 2 heterocycles. The number of urea groups is 1. The number of hydrogen-bond donors (Lipinski definition) is 4. The van der Waals surface area contributed by atoms with Gasteiger partial charge in [-0.2, -0.15) is 0 Å². The monoisotopic (exact) mass is 348 g/mol. The van der Waals surface area contributed by atoms with Crippen molar-refractivity contribution in [3.05, 3.63) is 24.0 Å². The molecule has 0 saturated carbocycles. The Bertz CT molecular complexity index is 930. The third-order valence-corrected chi connectivity index (χ3v) is 4.51. The number of carbonyl (C=O) groups is 2. The molecule has 3 aromatic rings. The lowest BCUT2D eigenvalue weighted by molar-refractivity contribution is 0.0977. The smallest absolute Gasteiger partial charge is 0.316 e. The zero-order valence-corrected chi connectivity index (χ0v) is 13.4. The fraction of sp³-hybridized carbons (Fsp3) is 0.200. The third-order valence-electron chi connectivity index (χ3n) is 3.36. The number of fused-ring (bicyclic) bond motifs is 3. The molecular formula is C15H16N4O4S. The van der Waals surface area contributed by atoms with Crippen LogP contribution in [-0.4, -0.2) is 25.1 Å². The lowest BCUT2D eigenvalue weighted by atomic mass is 10.2. The molecule has 0 saturated heterocycles. The fourth-order valence-corrected chi connectivity index (χ4v) is 3.50. The van der Waals surface area contributed by atoms with Crippen LogP contribution in [0.5, 0.6) is 5.75 Å². The van der Waals surface area contributed by atoms with Gasteiger partial charge in [0.2, 0.25) is 5.76 Å². The van der Waals surface area contributed by atoms with Crippen LogP contribution < -0.4 is 27.3 Å². The molecule has 2 aromatic heterocycles. The normalized spacial score (nSPS) is 11.0. The standard InChI is InChI=1S/C15H16N4O4S/c16-4-1-5-22-7-2-3-8-9(6-7)24-13-10(19-15(18)21)12(14(17)20)23-11(8)13/h2-3,6H,1,4-5,16H2,(H2,17,20)(H3,18,19,21). The number of furan rings is 1. The summed E-state index contributed by atoms with van der Waals surface area (Å²) in [6.45, 7) is 1.09. The van der Waals surface area contributed by atoms with Crippen molar-refractivity contribution in [2.24, 2.45) is 17.2 Å². The predicted octanol–water partition coefficient (Wildman–Crippen LogP) is 1.96. The maximum Gasteiger partial charge on any atom is 0.316 e. The third kappa shape index (κ3) is 2.86. The maximum absolute atomic E-state index is 11.5. The summed E-state index contributed by atoms with van der Waals surface area (Å²) in [5, 5.41) is 3.20. The highest BCUT2D eigenvalue weighted by atomic mass is 32.1. The van der Waals surface area contributed by atoms with Crippen LogP contribution >= 0.6 is 11.3 Å². The first-order chi connectivity index (χ1) is 11.5. The Morgan fingerprint density at radius 2 is 2.08 bits per heavy atom. The molecule has 8 nitrogen and oxygen atoms in total. The zero-order chi connectivity index (χ0) is 17.3. The molecule has 9 heteroatoms. The zero-order valence-electron chi connectivity index (χ0n) is 12.6. The average Bonchev–Trinajstić information content (AvgIpc) is 3.04. The van der Waals surface area contributed by atoms with Crippen LogP contribution in [0.15, 0.2) is 22.6 Å². The van der Waals surface area contributed by atoms with E-state index in [1.165, 1.54) is 11.3 Å². The minimum atomic E-state index is -0.802. The fourth-order valence-electron chi connectivity index (χ4n) is 2.35. The second kappa shape index (κ2) is 6.38. The van der Waals surface area contributed by atoms with Crippen molar-refractivity contribution in [1.29, 1.82) is 0 Å². The van der Waals surface area contributed by atoms with E-state index in [1.807, 2.05) is 12.1 Å². The van der Waals surface area contributed by atoms with Crippen molar-refractivity contribution in [3.63, 3.8) is 0 Å². The first-order valence-corrected chi connectivity index (χ1v) is 8.01. The highest BCUT2D eigenvalue weighted by molar-refractivity contribution is 7.26. The van der Waals surface area contributed by atoms with Gasteiger partial charge in [0.25, 0.3) is 5.91 Å². The Labute approximate surface area is 140 Å². The number of primary amides is 2. The Morgan fingerprint density at radius 1 is 1.29 bits per heavy atom. The van der Waals surface area contributed by atoms with Crippen LogP contribution in [0.1, 0.15) is 17.0 Å². The number of benzene rings is 1. The molecule has 0 aliphatic rings. The van der Waals surface area contributed by atoms with E-state index in [0.717, 1.165) is 16.5 Å². The van der Waals surface area contributed by atoms with Gasteiger partial charge in [0.05, 0.1) is 11.3 Å². The molecule has 24 heavy (non-hydrogen) atoms. The molecule has 0 fully saturated rings. The molecule has 0 spiro atoms. The van der Waals surface area contributed by atoms with Gasteiger partial charge in [0, 0.05) is 10.1 Å². The molecule has 0 atom stereocenters. The lowest BCUT2D eigenvalue weighted by Gasteiger charge is -2.04. The molecule has 3 amide bonds. The van der Waals surface area contributed by atoms with Gasteiger partial charge in [-0.05, 0) is 31.2 Å². The Balaban J connectivity index is 2.08. The van der Waals surface area contributed by atoms with E-state index in [1.54, 1.807) is 6.07 Å². The number of hydrogen-bond acceptors (Lipinski definition) is 6. The van der Waals surface area contributed by atoms with E-state index in [2.05, 4.69) is 5.32 Å². The van der Waals surface area contributed by atoms with E-state index in [0.29, 0.717) is 29.2 Å². The Morgan fingerprint density at radius 3 is 2.75 bits per heavy atom. The van der Waals surface area contributed by atoms with Crippen LogP contribution in [0.3, 0.4) is 0 Å². The van der Waals surface area contributed by atoms with Crippen LogP contribution in [0.4, 0.5) is 10.5 Å². The number of anilines is 1. The molecule has 0 unspecified atom stereocenters. The van der Waals surface area contributed by atoms with Crippen molar-refractivity contribution >= 4 is 49.3 Å². The van der Waals surface area contributed by atoms with Crippen molar-refractivity contribution in [2.45, 2.75) is 6.42 Å². The Hall–Kier alpha value is -2.78. The molecule has 1 aromatic carbocycles. The van der Waals surface area contributed by atoms with Crippen molar-refractivity contribution in [2.75, 3.05) is 18.5 Å². The summed E-state index contributed by atoms with van der Waals surface area (Å²) in [6, 6.07) is 4.69. The first kappa shape index (κ1) is 16.1. The van der Waals surface area contributed by atoms with Crippen molar-refractivity contribution in [3.8, 4) is 5.75 Å². The predicted molar refractivity (Wildman–Crippen MR) is 92.5 cm³/mol. The second-order valence-corrected chi connectivity index (χ2v) is 6.12. The van der Waals surface area contributed by atoms with Gasteiger partial charge >= 0.3 is 6.03 Å². The number of nitrogens with two attached hydrogens (primary N) is 3. The van der Waals surface area contributed by atoms with E-state index in [-0.39, 0.29) is 11.4 Å². The summed E-state index contributed by atoms with van der Waals surface area (Å²) in [5.41, 5.74) is 16.6. The quantitative estimate of drug-likeness (QED) is 0.503. The Kier molecular flexibility index (Phi) is 4.28. The van der Waals surface area contributed by atoms with Crippen LogP contribution in [0, 0.1) is 0 Å². The second-order valence-electron chi connectivity index (χ2n) is 5.07. The van der Waals surface area contributed by atoms with Gasteiger partial charge in [-0.15, -0.1) is 11.3 Å². The van der Waals surface area contributed by atoms with Crippen LogP contribution in [0.25, 0.3) is 20.4 Å². The highest BCUT2D eigenvalue weighted by Gasteiger charge is 2.23. The number of carbonyl (C=O) groups excluding carboxylic acids is 2. The molecule has 3 rings (SSSR count). The SMILES string of the molecule is NCCCOc1ccc2c(c1)sc1c(NC(N)=O)c(C(N)=O)oc12. The lowest BCUT2D eigenvalue weighted by Crippen LogP contribution is -2.21. The van der Waals surface area contributed by atoms with E-state index >= 15 is 0 Å². The number of thiophene rings is 1. The molecule has 0 radical (unpaired) electrons.